The van der Waals surface area contributed by atoms with Crippen LogP contribution in [0, 0.1) is 0 Å². The molecule has 0 saturated carbocycles. The summed E-state index contributed by atoms with van der Waals surface area (Å²) in [5.41, 5.74) is 6.79. The summed E-state index contributed by atoms with van der Waals surface area (Å²) in [4.78, 5) is 6.97. The van der Waals surface area contributed by atoms with Crippen molar-refractivity contribution in [2.75, 3.05) is 26.2 Å². The Kier molecular flexibility index (Phi) is 7.62. The average Bonchev–Trinajstić information content (AvgIpc) is 2.49. The van der Waals surface area contributed by atoms with Crippen molar-refractivity contribution < 1.29 is 0 Å². The molecule has 2 heterocycles. The van der Waals surface area contributed by atoms with Gasteiger partial charge in [-0.25, -0.2) is 0 Å². The minimum absolute atomic E-state index is 0.662. The molecule has 3 heteroatoms. The Labute approximate surface area is 111 Å². The van der Waals surface area contributed by atoms with E-state index in [9.17, 15) is 0 Å². The number of nitrogens with zero attached hydrogens (tertiary/aromatic N) is 2. The van der Waals surface area contributed by atoms with Crippen molar-refractivity contribution in [1.29, 1.82) is 0 Å². The van der Waals surface area contributed by atoms with E-state index < -0.39 is 0 Å². The molecule has 1 fully saturated rings. The van der Waals surface area contributed by atoms with E-state index >= 15 is 0 Å². The van der Waals surface area contributed by atoms with Gasteiger partial charge in [0.05, 0.1) is 0 Å². The summed E-state index contributed by atoms with van der Waals surface area (Å²) in [7, 11) is 0. The van der Waals surface area contributed by atoms with Crippen LogP contribution in [0.25, 0.3) is 0 Å². The molecule has 1 aromatic rings. The van der Waals surface area contributed by atoms with Crippen molar-refractivity contribution in [2.45, 2.75) is 39.0 Å². The Morgan fingerprint density at radius 1 is 1.28 bits per heavy atom. The summed E-state index contributed by atoms with van der Waals surface area (Å²) in [5, 5.41) is 0. The molecular formula is C15H27N3. The van der Waals surface area contributed by atoms with E-state index in [0.717, 1.165) is 19.5 Å². The summed E-state index contributed by atoms with van der Waals surface area (Å²) >= 11 is 0. The molecule has 1 aromatic heterocycles. The molecule has 0 amide bonds. The molecule has 1 saturated heterocycles. The van der Waals surface area contributed by atoms with Crippen molar-refractivity contribution in [3.05, 3.63) is 30.1 Å². The van der Waals surface area contributed by atoms with Crippen LogP contribution >= 0.6 is 0 Å². The maximum atomic E-state index is 5.53. The van der Waals surface area contributed by atoms with Gasteiger partial charge >= 0.3 is 0 Å². The van der Waals surface area contributed by atoms with Gasteiger partial charge in [0.15, 0.2) is 0 Å². The van der Waals surface area contributed by atoms with E-state index in [1.807, 2.05) is 26.1 Å². The second-order valence-electron chi connectivity index (χ2n) is 4.51. The molecule has 3 nitrogen and oxygen atoms in total. The monoisotopic (exact) mass is 249 g/mol. The highest BCUT2D eigenvalue weighted by Crippen LogP contribution is 2.26. The molecule has 1 aliphatic heterocycles. The lowest BCUT2D eigenvalue weighted by Gasteiger charge is -2.31. The van der Waals surface area contributed by atoms with Crippen LogP contribution in [0.2, 0.25) is 0 Å². The molecule has 18 heavy (non-hydrogen) atoms. The highest BCUT2D eigenvalue weighted by atomic mass is 15.1. The van der Waals surface area contributed by atoms with E-state index in [1.165, 1.54) is 31.6 Å². The number of pyridine rings is 1. The predicted molar refractivity (Wildman–Crippen MR) is 77.7 cm³/mol. The molecule has 0 unspecified atom stereocenters. The van der Waals surface area contributed by atoms with Crippen LogP contribution in [0.3, 0.4) is 0 Å². The molecule has 0 aromatic carbocycles. The average molecular weight is 249 g/mol. The van der Waals surface area contributed by atoms with Crippen LogP contribution in [-0.2, 0) is 0 Å². The van der Waals surface area contributed by atoms with Crippen LogP contribution in [0.4, 0.5) is 0 Å². The van der Waals surface area contributed by atoms with E-state index in [0.29, 0.717) is 5.92 Å². The number of nitrogens with two attached hydrogens (primary N) is 1. The van der Waals surface area contributed by atoms with Gasteiger partial charge in [-0.3, -0.25) is 4.98 Å². The minimum Gasteiger partial charge on any atom is -0.330 e. The fourth-order valence-electron chi connectivity index (χ4n) is 2.38. The summed E-state index contributed by atoms with van der Waals surface area (Å²) in [5.74, 6) is 0.662. The van der Waals surface area contributed by atoms with Gasteiger partial charge in [-0.15, -0.1) is 0 Å². The maximum Gasteiger partial charge on any atom is 0.0435 e. The third-order valence-electron chi connectivity index (χ3n) is 3.37. The molecule has 0 spiro atoms. The molecule has 102 valence electrons. The van der Waals surface area contributed by atoms with E-state index in [4.69, 9.17) is 5.73 Å². The minimum atomic E-state index is 0.662. The first-order chi connectivity index (χ1) is 8.90. The number of rotatable bonds is 4. The number of aromatic nitrogens is 1. The Hall–Kier alpha value is -0.930. The summed E-state index contributed by atoms with van der Waals surface area (Å²) < 4.78 is 0. The van der Waals surface area contributed by atoms with Gasteiger partial charge in [0.25, 0.3) is 0 Å². The zero-order valence-electron chi connectivity index (χ0n) is 11.8. The third kappa shape index (κ3) is 4.75. The van der Waals surface area contributed by atoms with Crippen LogP contribution in [0.1, 0.15) is 44.7 Å². The standard InChI is InChI=1S/C13H21N3.C2H6/c14-7-3-9-16-10-5-12(6-11-16)13-4-1-2-8-15-13;1-2/h1-2,4,8,12H,3,5-7,9-11,14H2;1-2H3. The Bertz CT molecular complexity index is 292. The highest BCUT2D eigenvalue weighted by molar-refractivity contribution is 5.10. The fraction of sp³-hybridized carbons (Fsp3) is 0.667. The summed E-state index contributed by atoms with van der Waals surface area (Å²) in [6.07, 6.45) is 5.49. The first-order valence-corrected chi connectivity index (χ1v) is 7.23. The van der Waals surface area contributed by atoms with Gasteiger partial charge in [-0.05, 0) is 57.6 Å². The SMILES string of the molecule is CC.NCCCN1CCC(c2ccccn2)CC1. The number of piperidine rings is 1. The van der Waals surface area contributed by atoms with Crippen molar-refractivity contribution in [2.24, 2.45) is 5.73 Å². The number of likely N-dealkylation sites (tertiary alicyclic amines) is 1. The van der Waals surface area contributed by atoms with Gasteiger partial charge in [0.2, 0.25) is 0 Å². The number of hydrogen-bond acceptors (Lipinski definition) is 3. The maximum absolute atomic E-state index is 5.53. The summed E-state index contributed by atoms with van der Waals surface area (Å²) in [6.45, 7) is 8.36. The van der Waals surface area contributed by atoms with Gasteiger partial charge in [0, 0.05) is 17.8 Å². The van der Waals surface area contributed by atoms with Gasteiger partial charge in [-0.2, -0.15) is 0 Å². The fourth-order valence-corrected chi connectivity index (χ4v) is 2.38. The summed E-state index contributed by atoms with van der Waals surface area (Å²) in [6, 6.07) is 6.23. The normalized spacial score (nSPS) is 17.1. The Morgan fingerprint density at radius 3 is 2.56 bits per heavy atom. The molecule has 0 radical (unpaired) electrons. The predicted octanol–water partition coefficient (Wildman–Crippen LogP) is 2.64. The Morgan fingerprint density at radius 2 is 2.00 bits per heavy atom. The quantitative estimate of drug-likeness (QED) is 0.892. The molecular weight excluding hydrogens is 222 g/mol. The van der Waals surface area contributed by atoms with Gasteiger partial charge < -0.3 is 10.6 Å². The molecule has 2 rings (SSSR count). The van der Waals surface area contributed by atoms with E-state index in [2.05, 4.69) is 22.0 Å². The van der Waals surface area contributed by atoms with Crippen LogP contribution in [0.15, 0.2) is 24.4 Å². The van der Waals surface area contributed by atoms with Crippen molar-refractivity contribution >= 4 is 0 Å². The van der Waals surface area contributed by atoms with Gasteiger partial charge in [-0.1, -0.05) is 19.9 Å². The van der Waals surface area contributed by atoms with Crippen molar-refractivity contribution in [3.63, 3.8) is 0 Å². The number of hydrogen-bond donors (Lipinski definition) is 1. The second kappa shape index (κ2) is 9.06. The largest absolute Gasteiger partial charge is 0.330 e. The third-order valence-corrected chi connectivity index (χ3v) is 3.37. The molecule has 0 atom stereocenters. The van der Waals surface area contributed by atoms with Crippen LogP contribution < -0.4 is 5.73 Å². The zero-order valence-corrected chi connectivity index (χ0v) is 11.8. The highest BCUT2D eigenvalue weighted by Gasteiger charge is 2.20. The smallest absolute Gasteiger partial charge is 0.0435 e. The van der Waals surface area contributed by atoms with Crippen LogP contribution in [0.5, 0.6) is 0 Å². The topological polar surface area (TPSA) is 42.1 Å². The van der Waals surface area contributed by atoms with E-state index in [-0.39, 0.29) is 0 Å². The molecule has 2 N–H and O–H groups in total. The first-order valence-electron chi connectivity index (χ1n) is 7.23. The molecule has 1 aliphatic rings. The van der Waals surface area contributed by atoms with Crippen molar-refractivity contribution in [1.82, 2.24) is 9.88 Å². The molecule has 0 aliphatic carbocycles. The van der Waals surface area contributed by atoms with Crippen molar-refractivity contribution in [3.8, 4) is 0 Å². The lowest BCUT2D eigenvalue weighted by Crippen LogP contribution is -2.34. The van der Waals surface area contributed by atoms with Crippen LogP contribution in [-0.4, -0.2) is 36.1 Å². The second-order valence-corrected chi connectivity index (χ2v) is 4.51. The van der Waals surface area contributed by atoms with E-state index in [1.54, 1.807) is 0 Å². The zero-order chi connectivity index (χ0) is 13.2. The molecule has 0 bridgehead atoms. The Balaban J connectivity index is 0.000000771. The van der Waals surface area contributed by atoms with Gasteiger partial charge in [0.1, 0.15) is 0 Å². The first kappa shape index (κ1) is 15.1. The lowest BCUT2D eigenvalue weighted by molar-refractivity contribution is 0.210. The lowest BCUT2D eigenvalue weighted by atomic mass is 9.93.